The van der Waals surface area contributed by atoms with Crippen LogP contribution in [0.15, 0.2) is 23.1 Å². The average molecular weight is 256 g/mol. The fourth-order valence-electron chi connectivity index (χ4n) is 0.709. The minimum Gasteiger partial charge on any atom is -0.508 e. The summed E-state index contributed by atoms with van der Waals surface area (Å²) in [5, 5.41) is 17.7. The molecule has 0 fully saturated rings. The minimum atomic E-state index is -4.47. The second-order valence-corrected chi connectivity index (χ2v) is 3.52. The summed E-state index contributed by atoms with van der Waals surface area (Å²) in [6.07, 6.45) is 0. The first-order chi connectivity index (χ1) is 5.41. The summed E-state index contributed by atoms with van der Waals surface area (Å²) in [5.74, 6) is -0.948. The van der Waals surface area contributed by atoms with Gasteiger partial charge in [-0.25, -0.2) is 0 Å². The van der Waals surface area contributed by atoms with Crippen molar-refractivity contribution in [3.63, 3.8) is 0 Å². The Balaban J connectivity index is 0.00000144. The number of phenolic OH excluding ortho intramolecular Hbond substituents is 2. The summed E-state index contributed by atoms with van der Waals surface area (Å²) in [6, 6.07) is 2.83. The van der Waals surface area contributed by atoms with Crippen LogP contribution in [0, 0.1) is 0 Å². The normalized spacial score (nSPS) is 10.5. The first kappa shape index (κ1) is 12.4. The van der Waals surface area contributed by atoms with Gasteiger partial charge in [0.1, 0.15) is 16.4 Å². The van der Waals surface area contributed by atoms with Gasteiger partial charge in [-0.2, -0.15) is 8.42 Å². The van der Waals surface area contributed by atoms with Gasteiger partial charge in [-0.15, -0.1) is 0 Å². The number of phenols is 2. The molecule has 0 bridgehead atoms. The Labute approximate surface area is 87.5 Å². The smallest absolute Gasteiger partial charge is 0.508 e. The van der Waals surface area contributed by atoms with Crippen molar-refractivity contribution in [3.8, 4) is 11.5 Å². The molecule has 0 heterocycles. The first-order valence-electron chi connectivity index (χ1n) is 2.91. The predicted molar refractivity (Wildman–Crippen MR) is 39.6 cm³/mol. The van der Waals surface area contributed by atoms with Crippen LogP contribution in [0.25, 0.3) is 0 Å². The van der Waals surface area contributed by atoms with Crippen LogP contribution in [0.3, 0.4) is 0 Å². The van der Waals surface area contributed by atoms with E-state index in [4.69, 9.17) is 14.8 Å². The van der Waals surface area contributed by atoms with E-state index < -0.39 is 20.8 Å². The second-order valence-electron chi connectivity index (χ2n) is 2.13. The zero-order valence-electron chi connectivity index (χ0n) is 6.51. The second kappa shape index (κ2) is 4.04. The van der Waals surface area contributed by atoms with Crippen LogP contribution in [0.1, 0.15) is 0 Å². The van der Waals surface area contributed by atoms with Crippen molar-refractivity contribution < 1.29 is 42.7 Å². The third-order valence-corrected chi connectivity index (χ3v) is 2.10. The SMILES string of the molecule is O=S(=O)(O)c1cc(O)ccc1O.[Zn+2]. The zero-order chi connectivity index (χ0) is 9.35. The van der Waals surface area contributed by atoms with E-state index in [2.05, 4.69) is 0 Å². The molecule has 66 valence electrons. The molecular weight excluding hydrogens is 250 g/mol. The molecule has 1 rings (SSSR count). The molecule has 0 aliphatic heterocycles. The Bertz CT molecular complexity index is 399. The van der Waals surface area contributed by atoms with Gasteiger partial charge in [0.05, 0.1) is 0 Å². The standard InChI is InChI=1S/C6H6O5S.Zn/c7-4-1-2-5(8)6(3-4)12(9,10)11;/h1-3,7-8H,(H,9,10,11);/q;+2. The van der Waals surface area contributed by atoms with Crippen LogP contribution < -0.4 is 0 Å². The maximum absolute atomic E-state index is 10.5. The topological polar surface area (TPSA) is 94.8 Å². The van der Waals surface area contributed by atoms with Crippen molar-refractivity contribution in [2.45, 2.75) is 4.90 Å². The van der Waals surface area contributed by atoms with Gasteiger partial charge in [0.2, 0.25) is 0 Å². The van der Waals surface area contributed by atoms with Crippen LogP contribution in [-0.4, -0.2) is 23.2 Å². The number of benzene rings is 1. The average Bonchev–Trinajstić information content (AvgIpc) is 1.92. The quantitative estimate of drug-likeness (QED) is 0.382. The Morgan fingerprint density at radius 3 is 2.08 bits per heavy atom. The van der Waals surface area contributed by atoms with Crippen LogP contribution in [0.5, 0.6) is 11.5 Å². The molecular formula is C6H6O5SZn+2. The third kappa shape index (κ3) is 2.95. The van der Waals surface area contributed by atoms with E-state index in [1.165, 1.54) is 0 Å². The summed E-state index contributed by atoms with van der Waals surface area (Å²) in [7, 11) is -4.47. The first-order valence-corrected chi connectivity index (χ1v) is 4.35. The molecule has 0 radical (unpaired) electrons. The fraction of sp³-hybridized carbons (Fsp3) is 0. The van der Waals surface area contributed by atoms with Gasteiger partial charge in [-0.3, -0.25) is 4.55 Å². The van der Waals surface area contributed by atoms with Gasteiger partial charge in [-0.1, -0.05) is 0 Å². The van der Waals surface area contributed by atoms with E-state index in [0.29, 0.717) is 0 Å². The van der Waals surface area contributed by atoms with Crippen molar-refractivity contribution >= 4 is 10.1 Å². The van der Waals surface area contributed by atoms with Crippen molar-refractivity contribution in [2.75, 3.05) is 0 Å². The number of hydrogen-bond acceptors (Lipinski definition) is 4. The maximum Gasteiger partial charge on any atom is 2.00 e. The molecule has 5 nitrogen and oxygen atoms in total. The number of rotatable bonds is 1. The van der Waals surface area contributed by atoms with Crippen molar-refractivity contribution in [1.82, 2.24) is 0 Å². The van der Waals surface area contributed by atoms with Gasteiger partial charge >= 0.3 is 19.5 Å². The Morgan fingerprint density at radius 2 is 1.69 bits per heavy atom. The Morgan fingerprint density at radius 1 is 1.15 bits per heavy atom. The van der Waals surface area contributed by atoms with Gasteiger partial charge in [0.25, 0.3) is 10.1 Å². The van der Waals surface area contributed by atoms with Crippen LogP contribution >= 0.6 is 0 Å². The number of aromatic hydroxyl groups is 2. The van der Waals surface area contributed by atoms with Crippen molar-refractivity contribution in [1.29, 1.82) is 0 Å². The molecule has 0 spiro atoms. The monoisotopic (exact) mass is 254 g/mol. The Kier molecular flexibility index (Phi) is 3.84. The van der Waals surface area contributed by atoms with Crippen LogP contribution in [-0.2, 0) is 29.6 Å². The minimum absolute atomic E-state index is 0. The molecule has 0 saturated heterocycles. The molecule has 0 aliphatic carbocycles. The zero-order valence-corrected chi connectivity index (χ0v) is 10.3. The summed E-state index contributed by atoms with van der Waals surface area (Å²) in [5.41, 5.74) is 0. The molecule has 0 atom stereocenters. The molecule has 0 unspecified atom stereocenters. The van der Waals surface area contributed by atoms with E-state index in [-0.39, 0.29) is 25.2 Å². The molecule has 1 aromatic carbocycles. The molecule has 0 aromatic heterocycles. The van der Waals surface area contributed by atoms with E-state index in [1.807, 2.05) is 0 Å². The molecule has 7 heteroatoms. The van der Waals surface area contributed by atoms with Gasteiger partial charge in [0, 0.05) is 6.07 Å². The van der Waals surface area contributed by atoms with Gasteiger partial charge in [0.15, 0.2) is 0 Å². The van der Waals surface area contributed by atoms with Crippen molar-refractivity contribution in [2.24, 2.45) is 0 Å². The van der Waals surface area contributed by atoms with Crippen LogP contribution in [0.4, 0.5) is 0 Å². The summed E-state index contributed by atoms with van der Waals surface area (Å²) >= 11 is 0. The van der Waals surface area contributed by atoms with E-state index in [1.54, 1.807) is 0 Å². The molecule has 13 heavy (non-hydrogen) atoms. The Hall–Kier alpha value is -0.647. The summed E-state index contributed by atoms with van der Waals surface area (Å²) in [4.78, 5) is -0.706. The molecule has 1 aromatic rings. The maximum atomic E-state index is 10.5. The molecule has 0 saturated carbocycles. The fourth-order valence-corrected chi connectivity index (χ4v) is 1.31. The van der Waals surface area contributed by atoms with E-state index in [9.17, 15) is 8.42 Å². The van der Waals surface area contributed by atoms with Gasteiger partial charge < -0.3 is 10.2 Å². The predicted octanol–water partition coefficient (Wildman–Crippen LogP) is 0.342. The third-order valence-electron chi connectivity index (χ3n) is 1.22. The van der Waals surface area contributed by atoms with Gasteiger partial charge in [-0.05, 0) is 12.1 Å². The van der Waals surface area contributed by atoms with Crippen LogP contribution in [0.2, 0.25) is 0 Å². The molecule has 3 N–H and O–H groups in total. The largest absolute Gasteiger partial charge is 2.00 e. The van der Waals surface area contributed by atoms with E-state index >= 15 is 0 Å². The molecule has 0 aliphatic rings. The van der Waals surface area contributed by atoms with E-state index in [0.717, 1.165) is 18.2 Å². The summed E-state index contributed by atoms with van der Waals surface area (Å²) < 4.78 is 29.5. The number of hydrogen-bond donors (Lipinski definition) is 3. The van der Waals surface area contributed by atoms with Crippen molar-refractivity contribution in [3.05, 3.63) is 18.2 Å². The summed E-state index contributed by atoms with van der Waals surface area (Å²) in [6.45, 7) is 0. The molecule has 0 amide bonds.